The minimum absolute atomic E-state index is 0.0727. The van der Waals surface area contributed by atoms with Crippen molar-refractivity contribution in [2.75, 3.05) is 39.3 Å². The van der Waals surface area contributed by atoms with Gasteiger partial charge in [-0.25, -0.2) is 0 Å². The third kappa shape index (κ3) is 38.6. The van der Waals surface area contributed by atoms with Gasteiger partial charge in [0.1, 0.15) is 18.3 Å². The van der Waals surface area contributed by atoms with E-state index in [-0.39, 0.29) is 29.6 Å². The predicted octanol–water partition coefficient (Wildman–Crippen LogP) is 12.2. The molecule has 2 amide bonds. The summed E-state index contributed by atoms with van der Waals surface area (Å²) in [6.45, 7) is 17.3. The van der Waals surface area contributed by atoms with E-state index >= 15 is 0 Å². The van der Waals surface area contributed by atoms with Gasteiger partial charge in [-0.3, -0.25) is 19.4 Å². The molecular formula is C66H109N5O6. The van der Waals surface area contributed by atoms with Gasteiger partial charge in [0.25, 0.3) is 0 Å². The number of piperazine rings is 1. The largest absolute Gasteiger partial charge is 0.391 e. The van der Waals surface area contributed by atoms with Gasteiger partial charge in [0.15, 0.2) is 0 Å². The van der Waals surface area contributed by atoms with Gasteiger partial charge in [0, 0.05) is 43.9 Å². The van der Waals surface area contributed by atoms with Crippen molar-refractivity contribution in [3.05, 3.63) is 146 Å². The first-order valence-corrected chi connectivity index (χ1v) is 29.7. The number of amides is 2. The first kappa shape index (κ1) is 70.4. The molecule has 11 heteroatoms. The highest BCUT2D eigenvalue weighted by Crippen LogP contribution is 2.16. The lowest BCUT2D eigenvalue weighted by atomic mass is 9.99. The van der Waals surface area contributed by atoms with Crippen molar-refractivity contribution in [2.45, 2.75) is 201 Å². The van der Waals surface area contributed by atoms with E-state index in [1.807, 2.05) is 32.9 Å². The molecule has 1 heterocycles. The van der Waals surface area contributed by atoms with E-state index in [2.05, 4.69) is 181 Å². The minimum Gasteiger partial charge on any atom is -0.391 e. The Morgan fingerprint density at radius 3 is 1.03 bits per heavy atom. The molecule has 0 saturated carbocycles. The third-order valence-electron chi connectivity index (χ3n) is 13.5. The molecule has 0 aromatic heterocycles. The smallest absolute Gasteiger partial charge is 0.243 e. The van der Waals surface area contributed by atoms with Crippen molar-refractivity contribution in [2.24, 2.45) is 17.8 Å². The number of nitrogens with zero attached hydrogens (tertiary/aromatic N) is 2. The molecule has 1 fully saturated rings. The van der Waals surface area contributed by atoms with Gasteiger partial charge in [0.05, 0.1) is 18.3 Å². The van der Waals surface area contributed by atoms with Crippen LogP contribution in [-0.4, -0.2) is 118 Å². The zero-order valence-corrected chi connectivity index (χ0v) is 49.0. The Morgan fingerprint density at radius 1 is 0.416 bits per heavy atom. The van der Waals surface area contributed by atoms with E-state index < -0.39 is 36.6 Å². The number of hydrogen-bond acceptors (Lipinski definition) is 9. The van der Waals surface area contributed by atoms with Gasteiger partial charge in [-0.15, -0.1) is 0 Å². The number of allylic oxidation sites excluding steroid dienone is 20. The Kier molecular flexibility index (Phi) is 44.3. The van der Waals surface area contributed by atoms with Gasteiger partial charge >= 0.3 is 0 Å². The summed E-state index contributed by atoms with van der Waals surface area (Å²) in [6.07, 6.45) is 62.5. The van der Waals surface area contributed by atoms with Crippen LogP contribution in [0.3, 0.4) is 0 Å². The van der Waals surface area contributed by atoms with E-state index in [0.29, 0.717) is 71.4 Å². The molecule has 0 aromatic carbocycles. The van der Waals surface area contributed by atoms with E-state index in [4.69, 9.17) is 0 Å². The molecule has 0 aromatic rings. The van der Waals surface area contributed by atoms with Gasteiger partial charge in [-0.2, -0.15) is 0 Å². The van der Waals surface area contributed by atoms with Crippen LogP contribution in [-0.2, 0) is 9.59 Å². The second-order valence-electron chi connectivity index (χ2n) is 20.6. The molecule has 11 nitrogen and oxygen atoms in total. The van der Waals surface area contributed by atoms with Crippen LogP contribution in [0.15, 0.2) is 146 Å². The molecule has 1 aliphatic heterocycles. The summed E-state index contributed by atoms with van der Waals surface area (Å²) < 4.78 is 0. The molecule has 1 saturated heterocycles. The molecule has 0 aliphatic carbocycles. The van der Waals surface area contributed by atoms with E-state index in [0.717, 1.165) is 83.5 Å². The fraction of sp³-hybridized carbons (Fsp3) is 0.606. The highest BCUT2D eigenvalue weighted by atomic mass is 16.3. The first-order valence-electron chi connectivity index (χ1n) is 29.7. The fourth-order valence-corrected chi connectivity index (χ4v) is 8.52. The molecule has 434 valence electrons. The first-order chi connectivity index (χ1) is 37.4. The number of carbonyl (C=O) groups excluding carboxylic acids is 2. The normalized spacial score (nSPS) is 19.1. The lowest BCUT2D eigenvalue weighted by Crippen LogP contribution is -2.61. The van der Waals surface area contributed by atoms with E-state index in [1.165, 1.54) is 0 Å². The van der Waals surface area contributed by atoms with Gasteiger partial charge < -0.3 is 36.4 Å². The molecule has 1 rings (SSSR count). The standard InChI is InChI=1S/C66H109N5O6/c1-8-12-16-20-24-28-32-36-44-56(5)61(72)52-70(53-62(73)57(6)45-37-33-29-25-21-17-13-9-2)50-42-39-47-59-65(76)69-60(66(77)68-59)48-40-43-51-71(55-64(75)67-49-41-35-31-27-23-19-15-11-4)54-63(74)58(7)46-38-34-30-26-22-18-14-10-3/h12-19,24-31,36-38,41,44-46,49,56-64,67,72-75H,8-11,20-23,32-35,39-40,42-43,47-48,50-55H2,1-7H3,(H,68,77)(H,69,76)/b16-12-,17-13-,18-14-,19-15-,28-24-,29-25-,30-26-,31-27-,44-36-,45-37-,46-38-,49-41-. The molecule has 1 aliphatic rings. The zero-order valence-electron chi connectivity index (χ0n) is 49.0. The summed E-state index contributed by atoms with van der Waals surface area (Å²) in [5.74, 6) is -0.593. The Hall–Kier alpha value is -4.62. The topological polar surface area (TPSA) is 158 Å². The average molecular weight is 1070 g/mol. The average Bonchev–Trinajstić information content (AvgIpc) is 3.41. The number of rotatable bonds is 46. The van der Waals surface area contributed by atoms with Crippen molar-refractivity contribution in [3.8, 4) is 0 Å². The van der Waals surface area contributed by atoms with Crippen molar-refractivity contribution in [3.63, 3.8) is 0 Å². The van der Waals surface area contributed by atoms with Crippen LogP contribution in [0.1, 0.15) is 164 Å². The predicted molar refractivity (Wildman–Crippen MR) is 327 cm³/mol. The number of hydrogen-bond donors (Lipinski definition) is 7. The van der Waals surface area contributed by atoms with Gasteiger partial charge in [0.2, 0.25) is 11.8 Å². The lowest BCUT2D eigenvalue weighted by Gasteiger charge is -2.31. The minimum atomic E-state index is -0.840. The highest BCUT2D eigenvalue weighted by molar-refractivity contribution is 5.96. The van der Waals surface area contributed by atoms with Crippen LogP contribution < -0.4 is 16.0 Å². The second kappa shape index (κ2) is 48.5. The van der Waals surface area contributed by atoms with Crippen LogP contribution in [0, 0.1) is 17.8 Å². The van der Waals surface area contributed by atoms with E-state index in [1.54, 1.807) is 6.20 Å². The van der Waals surface area contributed by atoms with Crippen LogP contribution in [0.5, 0.6) is 0 Å². The number of aliphatic hydroxyl groups excluding tert-OH is 4. The Morgan fingerprint density at radius 2 is 0.701 bits per heavy atom. The number of aliphatic hydroxyl groups is 4. The van der Waals surface area contributed by atoms with Crippen LogP contribution in [0.4, 0.5) is 0 Å². The summed E-state index contributed by atoms with van der Waals surface area (Å²) in [6, 6.07) is -1.25. The molecule has 9 atom stereocenters. The summed E-state index contributed by atoms with van der Waals surface area (Å²) in [5, 5.41) is 53.9. The Balaban J connectivity index is 2.86. The molecule has 0 radical (unpaired) electrons. The summed E-state index contributed by atoms with van der Waals surface area (Å²) in [5.41, 5.74) is 0. The quantitative estimate of drug-likeness (QED) is 0.0179. The van der Waals surface area contributed by atoms with Crippen molar-refractivity contribution in [1.29, 1.82) is 0 Å². The molecule has 0 bridgehead atoms. The summed E-state index contributed by atoms with van der Waals surface area (Å²) in [7, 11) is 0. The second-order valence-corrected chi connectivity index (χ2v) is 20.6. The van der Waals surface area contributed by atoms with Crippen LogP contribution in [0.25, 0.3) is 0 Å². The summed E-state index contributed by atoms with van der Waals surface area (Å²) >= 11 is 0. The maximum atomic E-state index is 13.4. The molecule has 0 spiro atoms. The van der Waals surface area contributed by atoms with Crippen molar-refractivity contribution < 1.29 is 30.0 Å². The van der Waals surface area contributed by atoms with Gasteiger partial charge in [-0.1, -0.05) is 188 Å². The maximum absolute atomic E-state index is 13.4. The van der Waals surface area contributed by atoms with Crippen molar-refractivity contribution >= 4 is 11.8 Å². The molecule has 77 heavy (non-hydrogen) atoms. The monoisotopic (exact) mass is 1070 g/mol. The maximum Gasteiger partial charge on any atom is 0.243 e. The van der Waals surface area contributed by atoms with Crippen LogP contribution in [0.2, 0.25) is 0 Å². The van der Waals surface area contributed by atoms with Gasteiger partial charge in [-0.05, 0) is 135 Å². The lowest BCUT2D eigenvalue weighted by molar-refractivity contribution is -0.137. The summed E-state index contributed by atoms with van der Waals surface area (Å²) in [4.78, 5) is 30.9. The SMILES string of the molecule is CC/C=C\C/C=C\C/C=C\NC(O)CN(CCCCC1NC(=O)C(CCCCN(CC(O)C(C)/C=C\C/C=C\C/C=C\CC)CC(O)C(C)/C=C\C/C=C\C/C=C\CC)NC1=O)CC(O)C(C)/C=C\C/C=C\C/C=C\CC. The number of unbranched alkanes of at least 4 members (excludes halogenated alkanes) is 2. The zero-order chi connectivity index (χ0) is 56.6. The Bertz CT molecular complexity index is 1810. The third-order valence-corrected chi connectivity index (χ3v) is 13.5. The number of carbonyl (C=O) groups is 2. The molecule has 7 N–H and O–H groups in total. The van der Waals surface area contributed by atoms with E-state index in [9.17, 15) is 30.0 Å². The molecular weight excluding hydrogens is 959 g/mol. The van der Waals surface area contributed by atoms with Crippen LogP contribution >= 0.6 is 0 Å². The Labute approximate surface area is 469 Å². The van der Waals surface area contributed by atoms with Crippen molar-refractivity contribution in [1.82, 2.24) is 25.8 Å². The highest BCUT2D eigenvalue weighted by Gasteiger charge is 2.33. The molecule has 9 unspecified atom stereocenters. The number of nitrogens with one attached hydrogen (secondary N) is 3. The fourth-order valence-electron chi connectivity index (χ4n) is 8.52.